The molecule has 1 unspecified atom stereocenters. The zero-order valence-electron chi connectivity index (χ0n) is 8.15. The molecule has 0 radical (unpaired) electrons. The van der Waals surface area contributed by atoms with Crippen molar-refractivity contribution in [2.45, 2.75) is 13.0 Å². The van der Waals surface area contributed by atoms with Gasteiger partial charge in [-0.05, 0) is 53.5 Å². The van der Waals surface area contributed by atoms with Gasteiger partial charge in [0.1, 0.15) is 0 Å². The number of hydrogen-bond donors (Lipinski definition) is 1. The standard InChI is InChI=1S/C10H12N2S2/c1-7-5-13-6-8(7)10(11-2)9-3-4-14-12-9/h3-6,10-11H,1-2H3. The third kappa shape index (κ3) is 1.73. The lowest BCUT2D eigenvalue weighted by atomic mass is 10.0. The fourth-order valence-electron chi connectivity index (χ4n) is 1.50. The molecule has 0 aliphatic heterocycles. The van der Waals surface area contributed by atoms with Crippen molar-refractivity contribution in [2.24, 2.45) is 0 Å². The van der Waals surface area contributed by atoms with Crippen LogP contribution in [0.4, 0.5) is 0 Å². The fraction of sp³-hybridized carbons (Fsp3) is 0.300. The highest BCUT2D eigenvalue weighted by atomic mass is 32.1. The molecule has 2 nitrogen and oxygen atoms in total. The summed E-state index contributed by atoms with van der Waals surface area (Å²) < 4.78 is 4.37. The molecule has 14 heavy (non-hydrogen) atoms. The van der Waals surface area contributed by atoms with Crippen molar-refractivity contribution in [3.05, 3.63) is 39.0 Å². The summed E-state index contributed by atoms with van der Waals surface area (Å²) >= 11 is 3.24. The van der Waals surface area contributed by atoms with Crippen LogP contribution in [0.2, 0.25) is 0 Å². The van der Waals surface area contributed by atoms with Crippen molar-refractivity contribution in [2.75, 3.05) is 7.05 Å². The predicted molar refractivity (Wildman–Crippen MR) is 62.1 cm³/mol. The second-order valence-electron chi connectivity index (χ2n) is 3.16. The van der Waals surface area contributed by atoms with E-state index in [-0.39, 0.29) is 6.04 Å². The van der Waals surface area contributed by atoms with E-state index in [0.29, 0.717) is 0 Å². The molecule has 2 aromatic heterocycles. The molecule has 74 valence electrons. The predicted octanol–water partition coefficient (Wildman–Crippen LogP) is 2.82. The maximum absolute atomic E-state index is 4.37. The Morgan fingerprint density at radius 1 is 1.43 bits per heavy atom. The minimum atomic E-state index is 0.243. The summed E-state index contributed by atoms with van der Waals surface area (Å²) in [5.41, 5.74) is 3.78. The van der Waals surface area contributed by atoms with Crippen molar-refractivity contribution in [3.63, 3.8) is 0 Å². The number of aromatic nitrogens is 1. The minimum Gasteiger partial charge on any atom is -0.308 e. The Hall–Kier alpha value is -0.710. The zero-order chi connectivity index (χ0) is 9.97. The zero-order valence-corrected chi connectivity index (χ0v) is 9.78. The van der Waals surface area contributed by atoms with Gasteiger partial charge in [-0.3, -0.25) is 0 Å². The molecule has 0 spiro atoms. The van der Waals surface area contributed by atoms with Crippen LogP contribution in [0, 0.1) is 6.92 Å². The summed E-state index contributed by atoms with van der Waals surface area (Å²) in [4.78, 5) is 0. The summed E-state index contributed by atoms with van der Waals surface area (Å²) in [7, 11) is 1.97. The van der Waals surface area contributed by atoms with E-state index in [1.54, 1.807) is 11.3 Å². The van der Waals surface area contributed by atoms with Crippen LogP contribution in [-0.2, 0) is 0 Å². The SMILES string of the molecule is CNC(c1ccsn1)c1cscc1C. The molecule has 0 saturated heterocycles. The molecule has 0 bridgehead atoms. The Bertz CT molecular complexity index is 392. The molecule has 0 amide bonds. The quantitative estimate of drug-likeness (QED) is 0.867. The van der Waals surface area contributed by atoms with E-state index in [1.165, 1.54) is 22.7 Å². The van der Waals surface area contributed by atoms with Crippen molar-refractivity contribution < 1.29 is 0 Å². The molecule has 2 aromatic rings. The highest BCUT2D eigenvalue weighted by Crippen LogP contribution is 2.26. The Balaban J connectivity index is 2.36. The topological polar surface area (TPSA) is 24.9 Å². The lowest BCUT2D eigenvalue weighted by molar-refractivity contribution is 0.677. The second kappa shape index (κ2) is 4.21. The van der Waals surface area contributed by atoms with Crippen LogP contribution in [0.15, 0.2) is 22.2 Å². The Labute approximate surface area is 91.8 Å². The number of aryl methyl sites for hydroxylation is 1. The third-order valence-electron chi connectivity index (χ3n) is 2.25. The summed E-state index contributed by atoms with van der Waals surface area (Å²) in [6.45, 7) is 2.14. The summed E-state index contributed by atoms with van der Waals surface area (Å²) in [6.07, 6.45) is 0. The third-order valence-corrected chi connectivity index (χ3v) is 3.70. The first-order valence-electron chi connectivity index (χ1n) is 4.43. The first kappa shape index (κ1) is 9.83. The highest BCUT2D eigenvalue weighted by Gasteiger charge is 2.16. The van der Waals surface area contributed by atoms with Gasteiger partial charge < -0.3 is 5.32 Å². The molecule has 0 fully saturated rings. The number of nitrogens with one attached hydrogen (secondary N) is 1. The molecule has 1 atom stereocenters. The van der Waals surface area contributed by atoms with E-state index in [0.717, 1.165) is 5.69 Å². The van der Waals surface area contributed by atoms with Crippen molar-refractivity contribution in [3.8, 4) is 0 Å². The number of rotatable bonds is 3. The maximum atomic E-state index is 4.37. The van der Waals surface area contributed by atoms with Crippen LogP contribution >= 0.6 is 22.9 Å². The Kier molecular flexibility index (Phi) is 2.96. The Morgan fingerprint density at radius 2 is 2.29 bits per heavy atom. The van der Waals surface area contributed by atoms with Gasteiger partial charge in [-0.2, -0.15) is 15.7 Å². The van der Waals surface area contributed by atoms with Gasteiger partial charge >= 0.3 is 0 Å². The largest absolute Gasteiger partial charge is 0.308 e. The maximum Gasteiger partial charge on any atom is 0.0770 e. The first-order chi connectivity index (χ1) is 6.83. The van der Waals surface area contributed by atoms with Crippen LogP contribution in [0.3, 0.4) is 0 Å². The van der Waals surface area contributed by atoms with Crippen LogP contribution in [0.1, 0.15) is 22.9 Å². The molecule has 0 aliphatic rings. The van der Waals surface area contributed by atoms with Crippen molar-refractivity contribution in [1.29, 1.82) is 0 Å². The van der Waals surface area contributed by atoms with Gasteiger partial charge in [0.05, 0.1) is 11.7 Å². The van der Waals surface area contributed by atoms with Gasteiger partial charge in [0, 0.05) is 5.38 Å². The number of hydrogen-bond acceptors (Lipinski definition) is 4. The highest BCUT2D eigenvalue weighted by molar-refractivity contribution is 7.08. The smallest absolute Gasteiger partial charge is 0.0770 e. The van der Waals surface area contributed by atoms with E-state index >= 15 is 0 Å². The van der Waals surface area contributed by atoms with Gasteiger partial charge in [-0.15, -0.1) is 0 Å². The first-order valence-corrected chi connectivity index (χ1v) is 6.21. The van der Waals surface area contributed by atoms with Gasteiger partial charge in [-0.1, -0.05) is 0 Å². The van der Waals surface area contributed by atoms with E-state index in [9.17, 15) is 0 Å². The van der Waals surface area contributed by atoms with Crippen LogP contribution < -0.4 is 5.32 Å². The van der Waals surface area contributed by atoms with Gasteiger partial charge in [-0.25, -0.2) is 0 Å². The van der Waals surface area contributed by atoms with Crippen molar-refractivity contribution in [1.82, 2.24) is 9.69 Å². The molecule has 2 heterocycles. The minimum absolute atomic E-state index is 0.243. The monoisotopic (exact) mass is 224 g/mol. The molecule has 1 N–H and O–H groups in total. The summed E-state index contributed by atoms with van der Waals surface area (Å²) in [5.74, 6) is 0. The normalized spacial score (nSPS) is 13.0. The fourth-order valence-corrected chi connectivity index (χ4v) is 2.93. The second-order valence-corrected chi connectivity index (χ2v) is 4.57. The van der Waals surface area contributed by atoms with Crippen LogP contribution in [-0.4, -0.2) is 11.4 Å². The van der Waals surface area contributed by atoms with E-state index < -0.39 is 0 Å². The van der Waals surface area contributed by atoms with Crippen LogP contribution in [0.5, 0.6) is 0 Å². The van der Waals surface area contributed by atoms with E-state index in [1.807, 2.05) is 12.4 Å². The lowest BCUT2D eigenvalue weighted by Crippen LogP contribution is -2.17. The average Bonchev–Trinajstić information content (AvgIpc) is 2.80. The lowest BCUT2D eigenvalue weighted by Gasteiger charge is -2.13. The van der Waals surface area contributed by atoms with E-state index in [2.05, 4.69) is 33.4 Å². The van der Waals surface area contributed by atoms with Gasteiger partial charge in [0.15, 0.2) is 0 Å². The average molecular weight is 224 g/mol. The van der Waals surface area contributed by atoms with Crippen molar-refractivity contribution >= 4 is 22.9 Å². The summed E-state index contributed by atoms with van der Waals surface area (Å²) in [6, 6.07) is 2.32. The molecule has 0 aromatic carbocycles. The molecule has 4 heteroatoms. The van der Waals surface area contributed by atoms with Gasteiger partial charge in [0.2, 0.25) is 0 Å². The summed E-state index contributed by atoms with van der Waals surface area (Å²) in [5, 5.41) is 9.68. The number of thiophene rings is 1. The van der Waals surface area contributed by atoms with Crippen LogP contribution in [0.25, 0.3) is 0 Å². The number of nitrogens with zero attached hydrogens (tertiary/aromatic N) is 1. The molecular weight excluding hydrogens is 212 g/mol. The van der Waals surface area contributed by atoms with E-state index in [4.69, 9.17) is 0 Å². The molecule has 0 aliphatic carbocycles. The van der Waals surface area contributed by atoms with Gasteiger partial charge in [0.25, 0.3) is 0 Å². The molecule has 0 saturated carbocycles. The Morgan fingerprint density at radius 3 is 2.79 bits per heavy atom. The molecule has 2 rings (SSSR count). The molecular formula is C10H12N2S2.